The van der Waals surface area contributed by atoms with Crippen LogP contribution in [-0.2, 0) is 18.2 Å². The van der Waals surface area contributed by atoms with Crippen molar-refractivity contribution in [2.45, 2.75) is 31.4 Å². The number of aryl methyl sites for hydroxylation is 1. The molecule has 32 heavy (non-hydrogen) atoms. The van der Waals surface area contributed by atoms with Crippen LogP contribution in [0.25, 0.3) is 22.2 Å². The predicted molar refractivity (Wildman–Crippen MR) is 122 cm³/mol. The van der Waals surface area contributed by atoms with Crippen molar-refractivity contribution in [2.24, 2.45) is 12.5 Å². The second kappa shape index (κ2) is 8.55. The molecule has 1 unspecified atom stereocenters. The zero-order valence-corrected chi connectivity index (χ0v) is 18.3. The highest BCUT2D eigenvalue weighted by molar-refractivity contribution is 5.80. The Morgan fingerprint density at radius 3 is 2.78 bits per heavy atom. The van der Waals surface area contributed by atoms with Crippen molar-refractivity contribution in [1.29, 1.82) is 5.26 Å². The number of oxazole rings is 1. The van der Waals surface area contributed by atoms with Crippen molar-refractivity contribution >= 4 is 11.1 Å². The van der Waals surface area contributed by atoms with Gasteiger partial charge in [0, 0.05) is 38.5 Å². The minimum absolute atomic E-state index is 0.0991. The highest BCUT2D eigenvalue weighted by Gasteiger charge is 2.44. The maximum absolute atomic E-state index is 11.7. The minimum atomic E-state index is -0.361. The monoisotopic (exact) mass is 432 g/mol. The van der Waals surface area contributed by atoms with Gasteiger partial charge in [-0.25, -0.2) is 4.79 Å². The molecule has 1 aliphatic carbocycles. The molecule has 1 spiro atoms. The lowest BCUT2D eigenvalue weighted by Gasteiger charge is -2.19. The Bertz CT molecular complexity index is 1200. The normalized spacial score (nSPS) is 20.7. The molecule has 2 atom stereocenters. The largest absolute Gasteiger partial charge is 0.419 e. The molecule has 7 heteroatoms. The molecule has 1 aliphatic heterocycles. The summed E-state index contributed by atoms with van der Waals surface area (Å²) in [7, 11) is 1.70. The van der Waals surface area contributed by atoms with Gasteiger partial charge in [0.15, 0.2) is 5.58 Å². The quantitative estimate of drug-likeness (QED) is 0.622. The van der Waals surface area contributed by atoms with Crippen LogP contribution < -0.4 is 16.4 Å². The number of fused-ring (bicyclic) bond motifs is 1. The molecule has 7 nitrogen and oxygen atoms in total. The van der Waals surface area contributed by atoms with Gasteiger partial charge in [0.2, 0.25) is 0 Å². The highest BCUT2D eigenvalue weighted by Crippen LogP contribution is 2.46. The van der Waals surface area contributed by atoms with Crippen molar-refractivity contribution in [3.8, 4) is 17.2 Å². The number of nitrogens with zero attached hydrogens (tertiary/aromatic N) is 2. The van der Waals surface area contributed by atoms with Crippen molar-refractivity contribution in [2.75, 3.05) is 26.2 Å². The summed E-state index contributed by atoms with van der Waals surface area (Å²) in [5.41, 5.74) is 4.90. The standard InChI is InChI=1S/C25H28N4O3/c1-29-22-11-19(6-7-23(22)32-24(29)30)18-4-2-17(3-5-18)10-20(12-26)28-14-21-13-27-15-25(8-9-25)16-31-21/h2-7,11,20-21,27-28H,8-10,13-16H2,1H3/t20-,21?/m0/s1. The molecule has 2 aromatic carbocycles. The summed E-state index contributed by atoms with van der Waals surface area (Å²) in [6.45, 7) is 3.36. The second-order valence-corrected chi connectivity index (χ2v) is 9.16. The van der Waals surface area contributed by atoms with E-state index in [1.54, 1.807) is 7.05 Å². The van der Waals surface area contributed by atoms with Gasteiger partial charge in [0.25, 0.3) is 0 Å². The third kappa shape index (κ3) is 4.35. The summed E-state index contributed by atoms with van der Waals surface area (Å²) in [4.78, 5) is 11.7. The van der Waals surface area contributed by atoms with Crippen molar-refractivity contribution in [3.05, 3.63) is 58.6 Å². The fourth-order valence-corrected chi connectivity index (χ4v) is 4.34. The number of nitrogens with one attached hydrogen (secondary N) is 2. The van der Waals surface area contributed by atoms with E-state index in [2.05, 4.69) is 41.0 Å². The SMILES string of the molecule is Cn1c(=O)oc2ccc(-c3ccc(C[C@@H](C#N)NCC4CNCC5(CC5)CO4)cc3)cc21. The van der Waals surface area contributed by atoms with E-state index in [1.807, 2.05) is 18.2 Å². The van der Waals surface area contributed by atoms with Crippen molar-refractivity contribution < 1.29 is 9.15 Å². The van der Waals surface area contributed by atoms with E-state index in [0.717, 1.165) is 41.9 Å². The maximum Gasteiger partial charge on any atom is 0.419 e. The van der Waals surface area contributed by atoms with Crippen molar-refractivity contribution in [3.63, 3.8) is 0 Å². The number of benzene rings is 2. The Hall–Kier alpha value is -2.92. The molecule has 5 rings (SSSR count). The lowest BCUT2D eigenvalue weighted by Crippen LogP contribution is -2.40. The molecule has 0 amide bonds. The molecule has 0 bridgehead atoms. The summed E-state index contributed by atoms with van der Waals surface area (Å²) in [5, 5.41) is 16.5. The van der Waals surface area contributed by atoms with Gasteiger partial charge in [0.05, 0.1) is 30.3 Å². The van der Waals surface area contributed by atoms with Gasteiger partial charge in [-0.1, -0.05) is 30.3 Å². The number of nitriles is 1. The van der Waals surface area contributed by atoms with Gasteiger partial charge in [-0.3, -0.25) is 9.88 Å². The Kier molecular flexibility index (Phi) is 5.60. The Balaban J connectivity index is 1.20. The molecule has 166 valence electrons. The molecule has 2 aliphatic rings. The van der Waals surface area contributed by atoms with Crippen LogP contribution in [0.2, 0.25) is 0 Å². The smallest absolute Gasteiger partial charge is 0.408 e. The zero-order chi connectivity index (χ0) is 22.1. The molecule has 2 N–H and O–H groups in total. The lowest BCUT2D eigenvalue weighted by molar-refractivity contribution is 0.0429. The summed E-state index contributed by atoms with van der Waals surface area (Å²) < 4.78 is 12.8. The van der Waals surface area contributed by atoms with E-state index in [0.29, 0.717) is 24.0 Å². The topological polar surface area (TPSA) is 92.2 Å². The van der Waals surface area contributed by atoms with E-state index in [-0.39, 0.29) is 17.9 Å². The number of rotatable bonds is 6. The third-order valence-corrected chi connectivity index (χ3v) is 6.72. The van der Waals surface area contributed by atoms with Gasteiger partial charge in [-0.05, 0) is 41.7 Å². The second-order valence-electron chi connectivity index (χ2n) is 9.16. The van der Waals surface area contributed by atoms with Gasteiger partial charge >= 0.3 is 5.76 Å². The fraction of sp³-hybridized carbons (Fsp3) is 0.440. The number of hydrogen-bond donors (Lipinski definition) is 2. The molecule has 2 fully saturated rings. The van der Waals surface area contributed by atoms with Crippen LogP contribution in [0.1, 0.15) is 18.4 Å². The molecular weight excluding hydrogens is 404 g/mol. The van der Waals surface area contributed by atoms with E-state index in [9.17, 15) is 10.1 Å². The zero-order valence-electron chi connectivity index (χ0n) is 18.3. The number of ether oxygens (including phenoxy) is 1. The third-order valence-electron chi connectivity index (χ3n) is 6.72. The minimum Gasteiger partial charge on any atom is -0.408 e. The molecule has 2 heterocycles. The fourth-order valence-electron chi connectivity index (χ4n) is 4.34. The van der Waals surface area contributed by atoms with E-state index in [1.165, 1.54) is 17.4 Å². The van der Waals surface area contributed by atoms with Crippen LogP contribution in [0.5, 0.6) is 0 Å². The molecule has 1 saturated carbocycles. The van der Waals surface area contributed by atoms with Crippen molar-refractivity contribution in [1.82, 2.24) is 15.2 Å². The first-order valence-corrected chi connectivity index (χ1v) is 11.2. The van der Waals surface area contributed by atoms with Gasteiger partial charge < -0.3 is 14.5 Å². The van der Waals surface area contributed by atoms with E-state index in [4.69, 9.17) is 9.15 Å². The first-order chi connectivity index (χ1) is 15.5. The van der Waals surface area contributed by atoms with Gasteiger partial charge in [0.1, 0.15) is 0 Å². The average molecular weight is 433 g/mol. The van der Waals surface area contributed by atoms with Crippen LogP contribution in [0.15, 0.2) is 51.7 Å². The molecule has 3 aromatic rings. The summed E-state index contributed by atoms with van der Waals surface area (Å²) in [6, 6.07) is 16.1. The van der Waals surface area contributed by atoms with Gasteiger partial charge in [-0.2, -0.15) is 5.26 Å². The first kappa shape index (κ1) is 21.0. The van der Waals surface area contributed by atoms with Crippen LogP contribution in [-0.4, -0.2) is 43.0 Å². The van der Waals surface area contributed by atoms with Crippen LogP contribution in [0.4, 0.5) is 0 Å². The molecule has 1 saturated heterocycles. The number of hydrogen-bond acceptors (Lipinski definition) is 6. The summed E-state index contributed by atoms with van der Waals surface area (Å²) >= 11 is 0. The van der Waals surface area contributed by atoms with Crippen LogP contribution >= 0.6 is 0 Å². The predicted octanol–water partition coefficient (Wildman–Crippen LogP) is 2.59. The summed E-state index contributed by atoms with van der Waals surface area (Å²) in [5.74, 6) is -0.361. The van der Waals surface area contributed by atoms with Gasteiger partial charge in [-0.15, -0.1) is 0 Å². The van der Waals surface area contributed by atoms with E-state index >= 15 is 0 Å². The Morgan fingerprint density at radius 1 is 1.25 bits per heavy atom. The molecule has 0 radical (unpaired) electrons. The molecule has 1 aromatic heterocycles. The number of aromatic nitrogens is 1. The maximum atomic E-state index is 11.7. The Morgan fingerprint density at radius 2 is 2.03 bits per heavy atom. The van der Waals surface area contributed by atoms with Crippen LogP contribution in [0.3, 0.4) is 0 Å². The average Bonchev–Trinajstić information content (AvgIpc) is 3.57. The lowest BCUT2D eigenvalue weighted by atomic mass is 10.0. The molecular formula is C25H28N4O3. The summed E-state index contributed by atoms with van der Waals surface area (Å²) in [6.07, 6.45) is 3.24. The first-order valence-electron chi connectivity index (χ1n) is 11.2. The van der Waals surface area contributed by atoms with E-state index < -0.39 is 0 Å². The van der Waals surface area contributed by atoms with Crippen LogP contribution in [0, 0.1) is 16.7 Å². The Labute approximate surface area is 187 Å². The highest BCUT2D eigenvalue weighted by atomic mass is 16.5.